The van der Waals surface area contributed by atoms with E-state index < -0.39 is 0 Å². The SMILES string of the molecule is CC(=O)Oc1ccc([NH+]=c2cc(-c3ccccc3)oc3ccc(Cl)cc23)cc1. The number of fused-ring (bicyclic) bond motifs is 1. The fourth-order valence-electron chi connectivity index (χ4n) is 2.93. The van der Waals surface area contributed by atoms with Crippen LogP contribution in [0.3, 0.4) is 0 Å². The van der Waals surface area contributed by atoms with Crippen LogP contribution in [-0.2, 0) is 4.79 Å². The fourth-order valence-corrected chi connectivity index (χ4v) is 3.11. The zero-order valence-electron chi connectivity index (χ0n) is 15.1. The number of halogens is 1. The highest BCUT2D eigenvalue weighted by molar-refractivity contribution is 6.31. The number of ether oxygens (including phenoxy) is 1. The van der Waals surface area contributed by atoms with E-state index in [-0.39, 0.29) is 5.97 Å². The van der Waals surface area contributed by atoms with Gasteiger partial charge in [0.1, 0.15) is 17.1 Å². The third-order valence-electron chi connectivity index (χ3n) is 4.18. The van der Waals surface area contributed by atoms with Gasteiger partial charge in [-0.25, -0.2) is 4.99 Å². The minimum atomic E-state index is -0.349. The highest BCUT2D eigenvalue weighted by Crippen LogP contribution is 2.23. The Labute approximate surface area is 166 Å². The van der Waals surface area contributed by atoms with Crippen LogP contribution >= 0.6 is 11.6 Å². The molecule has 0 amide bonds. The van der Waals surface area contributed by atoms with Gasteiger partial charge in [0.15, 0.2) is 0 Å². The van der Waals surface area contributed by atoms with Gasteiger partial charge in [-0.1, -0.05) is 41.9 Å². The van der Waals surface area contributed by atoms with Crippen molar-refractivity contribution in [2.75, 3.05) is 0 Å². The van der Waals surface area contributed by atoms with Gasteiger partial charge < -0.3 is 9.15 Å². The van der Waals surface area contributed by atoms with Gasteiger partial charge in [0.2, 0.25) is 11.0 Å². The molecule has 28 heavy (non-hydrogen) atoms. The lowest BCUT2D eigenvalue weighted by Gasteiger charge is -2.03. The maximum absolute atomic E-state index is 11.1. The van der Waals surface area contributed by atoms with Crippen LogP contribution in [0.25, 0.3) is 22.3 Å². The van der Waals surface area contributed by atoms with Crippen LogP contribution in [0.1, 0.15) is 6.92 Å². The van der Waals surface area contributed by atoms with Gasteiger partial charge in [0.25, 0.3) is 0 Å². The highest BCUT2D eigenvalue weighted by atomic mass is 35.5. The Morgan fingerprint density at radius 1 is 0.964 bits per heavy atom. The second-order valence-corrected chi connectivity index (χ2v) is 6.71. The number of carbonyl (C=O) groups is 1. The Kier molecular flexibility index (Phi) is 4.96. The Morgan fingerprint density at radius 3 is 2.43 bits per heavy atom. The Morgan fingerprint density at radius 2 is 1.71 bits per heavy atom. The molecule has 4 nitrogen and oxygen atoms in total. The summed E-state index contributed by atoms with van der Waals surface area (Å²) in [5, 5.41) is 2.36. The molecule has 0 spiro atoms. The van der Waals surface area contributed by atoms with E-state index in [9.17, 15) is 4.79 Å². The summed E-state index contributed by atoms with van der Waals surface area (Å²) in [6.07, 6.45) is 0. The number of carbonyl (C=O) groups excluding carboxylic acids is 1. The molecule has 0 unspecified atom stereocenters. The number of rotatable bonds is 3. The number of nitrogens with one attached hydrogen (secondary N) is 1. The van der Waals surface area contributed by atoms with Crippen molar-refractivity contribution in [3.05, 3.63) is 89.2 Å². The number of esters is 1. The van der Waals surface area contributed by atoms with E-state index in [2.05, 4.69) is 4.99 Å². The molecule has 138 valence electrons. The predicted octanol–water partition coefficient (Wildman–Crippen LogP) is 3.99. The summed E-state index contributed by atoms with van der Waals surface area (Å²) in [5.41, 5.74) is 2.56. The van der Waals surface area contributed by atoms with E-state index in [0.717, 1.165) is 33.3 Å². The topological polar surface area (TPSA) is 53.4 Å². The van der Waals surface area contributed by atoms with E-state index in [1.54, 1.807) is 18.2 Å². The van der Waals surface area contributed by atoms with Gasteiger partial charge in [-0.3, -0.25) is 4.79 Å². The van der Waals surface area contributed by atoms with Crippen molar-refractivity contribution in [2.24, 2.45) is 0 Å². The molecule has 4 rings (SSSR count). The minimum Gasteiger partial charge on any atom is -0.456 e. The van der Waals surface area contributed by atoms with E-state index in [1.165, 1.54) is 6.92 Å². The summed E-state index contributed by atoms with van der Waals surface area (Å²) in [5.74, 6) is 0.895. The minimum absolute atomic E-state index is 0.349. The summed E-state index contributed by atoms with van der Waals surface area (Å²) in [7, 11) is 0. The van der Waals surface area contributed by atoms with E-state index >= 15 is 0 Å². The van der Waals surface area contributed by atoms with Crippen LogP contribution in [0.5, 0.6) is 5.75 Å². The quantitative estimate of drug-likeness (QED) is 0.425. The molecule has 1 aromatic heterocycles. The molecular weight excluding hydrogens is 374 g/mol. The summed E-state index contributed by atoms with van der Waals surface area (Å²) in [4.78, 5) is 14.5. The lowest BCUT2D eigenvalue weighted by molar-refractivity contribution is -0.400. The van der Waals surface area contributed by atoms with Crippen LogP contribution in [0.4, 0.5) is 5.69 Å². The number of hydrogen-bond donors (Lipinski definition) is 1. The molecule has 4 aromatic rings. The van der Waals surface area contributed by atoms with Gasteiger partial charge in [-0.2, -0.15) is 0 Å². The van der Waals surface area contributed by atoms with Crippen molar-refractivity contribution >= 4 is 34.2 Å². The van der Waals surface area contributed by atoms with Gasteiger partial charge in [-0.15, -0.1) is 0 Å². The highest BCUT2D eigenvalue weighted by Gasteiger charge is 2.10. The van der Waals surface area contributed by atoms with Crippen molar-refractivity contribution in [3.63, 3.8) is 0 Å². The van der Waals surface area contributed by atoms with E-state index in [1.807, 2.05) is 60.7 Å². The molecule has 0 aliphatic carbocycles. The molecule has 3 aromatic carbocycles. The van der Waals surface area contributed by atoms with Crippen LogP contribution in [-0.4, -0.2) is 5.97 Å². The molecule has 0 radical (unpaired) electrons. The Balaban J connectivity index is 1.87. The Hall–Kier alpha value is -3.37. The monoisotopic (exact) mass is 390 g/mol. The third-order valence-corrected chi connectivity index (χ3v) is 4.42. The summed E-state index contributed by atoms with van der Waals surface area (Å²) in [6.45, 7) is 1.38. The van der Waals surface area contributed by atoms with Crippen molar-refractivity contribution in [1.82, 2.24) is 0 Å². The van der Waals surface area contributed by atoms with Gasteiger partial charge in [-0.05, 0) is 30.3 Å². The molecule has 5 heteroatoms. The molecule has 0 bridgehead atoms. The standard InChI is InChI=1S/C23H16ClNO3/c1-15(26)27-19-10-8-18(9-11-19)25-21-14-23(16-5-3-2-4-6-16)28-22-12-7-17(24)13-20(21)22/h2-14H,1H3/p+1. The molecule has 0 aliphatic rings. The normalized spacial score (nSPS) is 11.6. The summed E-state index contributed by atoms with van der Waals surface area (Å²) in [6, 6.07) is 24.6. The average molecular weight is 391 g/mol. The lowest BCUT2D eigenvalue weighted by atomic mass is 10.1. The van der Waals surface area contributed by atoms with Crippen LogP contribution < -0.4 is 15.1 Å². The molecule has 0 atom stereocenters. The first-order valence-electron chi connectivity index (χ1n) is 8.76. The van der Waals surface area contributed by atoms with Gasteiger partial charge in [0.05, 0.1) is 11.5 Å². The molecule has 1 N–H and O–H groups in total. The Bertz CT molecular complexity index is 1210. The lowest BCUT2D eigenvalue weighted by Crippen LogP contribution is -2.70. The van der Waals surface area contributed by atoms with Crippen LogP contribution in [0.15, 0.2) is 83.3 Å². The maximum Gasteiger partial charge on any atom is 0.308 e. The van der Waals surface area contributed by atoms with E-state index in [4.69, 9.17) is 20.8 Å². The first kappa shape index (κ1) is 18.0. The molecule has 1 heterocycles. The number of hydrogen-bond acceptors (Lipinski definition) is 3. The molecule has 0 aliphatic heterocycles. The first-order chi connectivity index (χ1) is 13.6. The number of benzene rings is 3. The van der Waals surface area contributed by atoms with Crippen molar-refractivity contribution in [2.45, 2.75) is 6.92 Å². The second kappa shape index (κ2) is 7.71. The summed E-state index contributed by atoms with van der Waals surface area (Å²) >= 11 is 6.20. The predicted molar refractivity (Wildman–Crippen MR) is 108 cm³/mol. The smallest absolute Gasteiger partial charge is 0.308 e. The van der Waals surface area contributed by atoms with Crippen LogP contribution in [0, 0.1) is 0 Å². The average Bonchev–Trinajstić information content (AvgIpc) is 2.70. The van der Waals surface area contributed by atoms with Crippen molar-refractivity contribution in [3.8, 4) is 17.1 Å². The zero-order chi connectivity index (χ0) is 19.5. The van der Waals surface area contributed by atoms with Crippen molar-refractivity contribution < 1.29 is 18.9 Å². The maximum atomic E-state index is 11.1. The fraction of sp³-hybridized carbons (Fsp3) is 0.0435. The van der Waals surface area contributed by atoms with Crippen LogP contribution in [0.2, 0.25) is 5.02 Å². The molecule has 0 saturated heterocycles. The van der Waals surface area contributed by atoms with Gasteiger partial charge in [0, 0.05) is 29.6 Å². The largest absolute Gasteiger partial charge is 0.456 e. The molecular formula is C23H17ClNO3+. The van der Waals surface area contributed by atoms with Crippen molar-refractivity contribution in [1.29, 1.82) is 0 Å². The molecule has 0 saturated carbocycles. The summed E-state index contributed by atoms with van der Waals surface area (Å²) < 4.78 is 11.2. The second-order valence-electron chi connectivity index (χ2n) is 6.27. The molecule has 0 fully saturated rings. The zero-order valence-corrected chi connectivity index (χ0v) is 15.9. The third kappa shape index (κ3) is 3.97. The van der Waals surface area contributed by atoms with E-state index in [0.29, 0.717) is 10.8 Å². The first-order valence-corrected chi connectivity index (χ1v) is 9.14. The van der Waals surface area contributed by atoms with Gasteiger partial charge >= 0.3 is 5.97 Å².